The second-order valence-corrected chi connectivity index (χ2v) is 6.95. The Kier molecular flexibility index (Phi) is 6.15. The van der Waals surface area contributed by atoms with Crippen molar-refractivity contribution in [2.75, 3.05) is 0 Å². The van der Waals surface area contributed by atoms with E-state index >= 15 is 0 Å². The molecule has 4 rings (SSSR count). The van der Waals surface area contributed by atoms with E-state index in [-0.39, 0.29) is 0 Å². The molecule has 150 valence electrons. The lowest BCUT2D eigenvalue weighted by Gasteiger charge is -2.12. The zero-order chi connectivity index (χ0) is 21.5. The van der Waals surface area contributed by atoms with Crippen molar-refractivity contribution in [3.05, 3.63) is 126 Å². The van der Waals surface area contributed by atoms with Crippen LogP contribution in [0.15, 0.2) is 109 Å². The maximum absolute atomic E-state index is 12.4. The van der Waals surface area contributed by atoms with Gasteiger partial charge in [0.05, 0.1) is 0 Å². The molecule has 0 saturated carbocycles. The molecule has 3 nitrogen and oxygen atoms in total. The minimum absolute atomic E-state index is 0.476. The third-order valence-electron chi connectivity index (χ3n) is 4.86. The molecule has 31 heavy (non-hydrogen) atoms. The number of esters is 1. The molecular formula is C28H20O3. The number of carbonyl (C=O) groups excluding carboxylic acids is 2. The molecule has 0 atom stereocenters. The summed E-state index contributed by atoms with van der Waals surface area (Å²) < 4.78 is 5.37. The molecule has 3 heteroatoms. The highest BCUT2D eigenvalue weighted by Crippen LogP contribution is 2.30. The number of hydrogen-bond acceptors (Lipinski definition) is 3. The highest BCUT2D eigenvalue weighted by molar-refractivity contribution is 6.07. The Bertz CT molecular complexity index is 1270. The summed E-state index contributed by atoms with van der Waals surface area (Å²) in [7, 11) is 0. The summed E-state index contributed by atoms with van der Waals surface area (Å²) in [4.78, 5) is 24.3. The second kappa shape index (κ2) is 9.51. The first-order chi connectivity index (χ1) is 15.2. The normalized spacial score (nSPS) is 11.5. The molecular weight excluding hydrogens is 384 g/mol. The summed E-state index contributed by atoms with van der Waals surface area (Å²) in [6, 6.07) is 30.3. The van der Waals surface area contributed by atoms with Crippen molar-refractivity contribution in [3.8, 4) is 5.75 Å². The number of ether oxygens (including phenoxy) is 1. The number of rotatable bonds is 6. The van der Waals surface area contributed by atoms with Crippen LogP contribution in [-0.2, 0) is 4.79 Å². The van der Waals surface area contributed by atoms with Crippen molar-refractivity contribution >= 4 is 34.7 Å². The Morgan fingerprint density at radius 1 is 0.710 bits per heavy atom. The molecule has 0 aliphatic rings. The molecule has 0 bridgehead atoms. The molecule has 0 N–H and O–H groups in total. The minimum atomic E-state index is -0.488. The van der Waals surface area contributed by atoms with E-state index in [1.54, 1.807) is 36.4 Å². The minimum Gasteiger partial charge on any atom is -0.423 e. The maximum atomic E-state index is 12.4. The van der Waals surface area contributed by atoms with Crippen LogP contribution < -0.4 is 4.74 Å². The zero-order valence-electron chi connectivity index (χ0n) is 16.8. The van der Waals surface area contributed by atoms with Crippen LogP contribution >= 0.6 is 0 Å². The predicted octanol–water partition coefficient (Wildman–Crippen LogP) is 6.35. The van der Waals surface area contributed by atoms with Crippen LogP contribution in [0.2, 0.25) is 0 Å². The summed E-state index contributed by atoms with van der Waals surface area (Å²) in [5.74, 6) is -0.0115. The van der Waals surface area contributed by atoms with E-state index in [0.29, 0.717) is 11.3 Å². The van der Waals surface area contributed by atoms with E-state index < -0.39 is 5.97 Å². The summed E-state index contributed by atoms with van der Waals surface area (Å²) in [5, 5.41) is 1.96. The van der Waals surface area contributed by atoms with Gasteiger partial charge in [0.15, 0.2) is 6.29 Å². The lowest BCUT2D eigenvalue weighted by atomic mass is 9.92. The van der Waals surface area contributed by atoms with Crippen molar-refractivity contribution in [1.82, 2.24) is 0 Å². The first-order valence-electron chi connectivity index (χ1n) is 9.93. The van der Waals surface area contributed by atoms with Gasteiger partial charge < -0.3 is 4.74 Å². The Morgan fingerprint density at radius 2 is 1.39 bits per heavy atom. The van der Waals surface area contributed by atoms with Gasteiger partial charge in [0.25, 0.3) is 0 Å². The van der Waals surface area contributed by atoms with Crippen molar-refractivity contribution in [1.29, 1.82) is 0 Å². The summed E-state index contributed by atoms with van der Waals surface area (Å²) in [6.07, 6.45) is 5.89. The largest absolute Gasteiger partial charge is 0.423 e. The predicted molar refractivity (Wildman–Crippen MR) is 125 cm³/mol. The van der Waals surface area contributed by atoms with Gasteiger partial charge in [-0.25, -0.2) is 4.79 Å². The van der Waals surface area contributed by atoms with Crippen molar-refractivity contribution in [2.45, 2.75) is 0 Å². The first-order valence-corrected chi connectivity index (χ1v) is 9.93. The van der Waals surface area contributed by atoms with E-state index in [2.05, 4.69) is 0 Å². The van der Waals surface area contributed by atoms with Crippen LogP contribution in [0.1, 0.15) is 21.5 Å². The lowest BCUT2D eigenvalue weighted by Crippen LogP contribution is -2.03. The first kappa shape index (κ1) is 20.0. The molecule has 4 aromatic rings. The number of para-hydroxylation sites is 1. The van der Waals surface area contributed by atoms with E-state index in [4.69, 9.17) is 4.74 Å². The van der Waals surface area contributed by atoms with E-state index in [9.17, 15) is 9.59 Å². The number of allylic oxidation sites excluding steroid dienone is 2. The standard InChI is InChI=1S/C28H20O3/c29-20-24-16-15-22-11-7-8-14-26(22)28(24)23(19-21-9-3-1-4-10-21)17-18-27(30)31-25-12-5-2-6-13-25/h1-20H/b18-17+,23-19-. The van der Waals surface area contributed by atoms with Crippen LogP contribution in [0.5, 0.6) is 5.75 Å². The molecule has 0 heterocycles. The van der Waals surface area contributed by atoms with Crippen LogP contribution in [0, 0.1) is 0 Å². The molecule has 4 aromatic carbocycles. The monoisotopic (exact) mass is 404 g/mol. The van der Waals surface area contributed by atoms with Crippen LogP contribution in [0.25, 0.3) is 22.4 Å². The Labute approximate surface area is 180 Å². The van der Waals surface area contributed by atoms with E-state index in [1.165, 1.54) is 6.08 Å². The topological polar surface area (TPSA) is 43.4 Å². The van der Waals surface area contributed by atoms with Gasteiger partial charge in [0.2, 0.25) is 0 Å². The van der Waals surface area contributed by atoms with Gasteiger partial charge in [-0.05, 0) is 46.2 Å². The highest BCUT2D eigenvalue weighted by atomic mass is 16.5. The SMILES string of the molecule is O=Cc1ccc2ccccc2c1C(=C\c1ccccc1)/C=C/C(=O)Oc1ccccc1. The fourth-order valence-corrected chi connectivity index (χ4v) is 3.44. The Balaban J connectivity index is 1.80. The molecule has 0 aliphatic heterocycles. The third-order valence-corrected chi connectivity index (χ3v) is 4.86. The number of benzene rings is 4. The van der Waals surface area contributed by atoms with Gasteiger partial charge in [0, 0.05) is 17.2 Å². The van der Waals surface area contributed by atoms with Crippen molar-refractivity contribution in [2.24, 2.45) is 0 Å². The van der Waals surface area contributed by atoms with E-state index in [1.807, 2.05) is 72.8 Å². The molecule has 0 radical (unpaired) electrons. The average molecular weight is 404 g/mol. The fraction of sp³-hybridized carbons (Fsp3) is 0. The second-order valence-electron chi connectivity index (χ2n) is 6.95. The number of aldehydes is 1. The summed E-state index contributed by atoms with van der Waals surface area (Å²) in [5.41, 5.74) is 3.04. The molecule has 0 saturated heterocycles. The van der Waals surface area contributed by atoms with E-state index in [0.717, 1.165) is 33.8 Å². The fourth-order valence-electron chi connectivity index (χ4n) is 3.44. The molecule has 0 spiro atoms. The Morgan fingerprint density at radius 3 is 2.13 bits per heavy atom. The van der Waals surface area contributed by atoms with Gasteiger partial charge in [-0.3, -0.25) is 4.79 Å². The van der Waals surface area contributed by atoms with Crippen LogP contribution in [-0.4, -0.2) is 12.3 Å². The van der Waals surface area contributed by atoms with Crippen LogP contribution in [0.4, 0.5) is 0 Å². The van der Waals surface area contributed by atoms with Gasteiger partial charge in [0.1, 0.15) is 5.75 Å². The third kappa shape index (κ3) is 4.85. The van der Waals surface area contributed by atoms with Gasteiger partial charge in [-0.15, -0.1) is 0 Å². The Hall–Kier alpha value is -4.24. The molecule has 0 unspecified atom stereocenters. The zero-order valence-corrected chi connectivity index (χ0v) is 16.8. The summed E-state index contributed by atoms with van der Waals surface area (Å²) in [6.45, 7) is 0. The summed E-state index contributed by atoms with van der Waals surface area (Å²) >= 11 is 0. The quantitative estimate of drug-likeness (QED) is 0.0938. The number of fused-ring (bicyclic) bond motifs is 1. The maximum Gasteiger partial charge on any atom is 0.336 e. The molecule has 0 amide bonds. The number of carbonyl (C=O) groups is 2. The molecule has 0 aromatic heterocycles. The van der Waals surface area contributed by atoms with Gasteiger partial charge >= 0.3 is 5.97 Å². The van der Waals surface area contributed by atoms with Gasteiger partial charge in [-0.2, -0.15) is 0 Å². The van der Waals surface area contributed by atoms with Crippen LogP contribution in [0.3, 0.4) is 0 Å². The molecule has 0 aliphatic carbocycles. The van der Waals surface area contributed by atoms with Crippen molar-refractivity contribution < 1.29 is 14.3 Å². The smallest absolute Gasteiger partial charge is 0.336 e. The van der Waals surface area contributed by atoms with Crippen molar-refractivity contribution in [3.63, 3.8) is 0 Å². The lowest BCUT2D eigenvalue weighted by molar-refractivity contribution is -0.128. The van der Waals surface area contributed by atoms with Gasteiger partial charge in [-0.1, -0.05) is 84.9 Å². The molecule has 0 fully saturated rings. The average Bonchev–Trinajstić information content (AvgIpc) is 2.82. The number of hydrogen-bond donors (Lipinski definition) is 0. The highest BCUT2D eigenvalue weighted by Gasteiger charge is 2.11.